The average Bonchev–Trinajstić information content (AvgIpc) is 2.48. The molecule has 0 amide bonds. The van der Waals surface area contributed by atoms with E-state index < -0.39 is 33.0 Å². The normalized spacial score (nSPS) is 12.7. The van der Waals surface area contributed by atoms with Crippen molar-refractivity contribution >= 4 is 33.2 Å². The molecule has 6 nitrogen and oxygen atoms in total. The molecule has 0 fully saturated rings. The van der Waals surface area contributed by atoms with Crippen LogP contribution in [0.5, 0.6) is 0 Å². The lowest BCUT2D eigenvalue weighted by Crippen LogP contribution is -2.24. The first-order chi connectivity index (χ1) is 11.8. The third-order valence-electron chi connectivity index (χ3n) is 3.43. The van der Waals surface area contributed by atoms with E-state index in [2.05, 4.69) is 5.10 Å². The van der Waals surface area contributed by atoms with Crippen LogP contribution in [0.2, 0.25) is 10.0 Å². The van der Waals surface area contributed by atoms with E-state index in [1.54, 1.807) is 0 Å². The Morgan fingerprint density at radius 3 is 2.19 bits per heavy atom. The first-order valence-electron chi connectivity index (χ1n) is 6.84. The van der Waals surface area contributed by atoms with Crippen LogP contribution in [0.1, 0.15) is 5.69 Å². The number of aryl methyl sites for hydroxylation is 1. The highest BCUT2D eigenvalue weighted by atomic mass is 35.5. The van der Waals surface area contributed by atoms with Crippen LogP contribution >= 0.6 is 23.2 Å². The number of sulfonamides is 1. The maximum atomic E-state index is 12.9. The molecular formula is C14H12Cl2F3N3O3S. The molecule has 0 aliphatic carbocycles. The first-order valence-corrected chi connectivity index (χ1v) is 9.04. The molecule has 142 valence electrons. The van der Waals surface area contributed by atoms with Gasteiger partial charge in [-0.2, -0.15) is 18.3 Å². The van der Waals surface area contributed by atoms with Crippen LogP contribution in [0.25, 0.3) is 11.3 Å². The Morgan fingerprint density at radius 2 is 1.69 bits per heavy atom. The summed E-state index contributed by atoms with van der Waals surface area (Å²) in [5, 5.41) is 3.29. The van der Waals surface area contributed by atoms with E-state index in [0.717, 1.165) is 23.5 Å². The maximum Gasteiger partial charge on any atom is 0.433 e. The van der Waals surface area contributed by atoms with Crippen LogP contribution in [-0.4, -0.2) is 36.6 Å². The molecule has 0 spiro atoms. The van der Waals surface area contributed by atoms with Crippen molar-refractivity contribution in [2.45, 2.75) is 11.1 Å². The van der Waals surface area contributed by atoms with Crippen LogP contribution < -0.4 is 5.43 Å². The molecule has 1 heterocycles. The summed E-state index contributed by atoms with van der Waals surface area (Å²) in [5.41, 5.74) is -2.89. The number of alkyl halides is 3. The Kier molecular flexibility index (Phi) is 5.44. The topological polar surface area (TPSA) is 72.3 Å². The zero-order valence-electron chi connectivity index (χ0n) is 13.6. The van der Waals surface area contributed by atoms with Gasteiger partial charge in [0.15, 0.2) is 0 Å². The van der Waals surface area contributed by atoms with Crippen LogP contribution in [0, 0.1) is 0 Å². The number of nitrogens with zero attached hydrogens (tertiary/aromatic N) is 3. The smallest absolute Gasteiger partial charge is 0.287 e. The van der Waals surface area contributed by atoms with Gasteiger partial charge >= 0.3 is 6.18 Å². The fraction of sp³-hybridized carbons (Fsp3) is 0.286. The summed E-state index contributed by atoms with van der Waals surface area (Å²) in [6, 6.07) is 2.47. The molecule has 1 aromatic carbocycles. The number of rotatable bonds is 3. The molecule has 0 N–H and O–H groups in total. The molecule has 0 aliphatic rings. The summed E-state index contributed by atoms with van der Waals surface area (Å²) in [6.07, 6.45) is -4.78. The summed E-state index contributed by atoms with van der Waals surface area (Å²) in [6.45, 7) is 0. The van der Waals surface area contributed by atoms with E-state index in [4.69, 9.17) is 23.2 Å². The lowest BCUT2D eigenvalue weighted by atomic mass is 10.1. The van der Waals surface area contributed by atoms with Crippen molar-refractivity contribution in [3.63, 3.8) is 0 Å². The minimum absolute atomic E-state index is 0.128. The molecule has 0 aliphatic heterocycles. The zero-order chi connectivity index (χ0) is 20.0. The van der Waals surface area contributed by atoms with Gasteiger partial charge in [-0.1, -0.05) is 23.2 Å². The minimum Gasteiger partial charge on any atom is -0.287 e. The van der Waals surface area contributed by atoms with Gasteiger partial charge < -0.3 is 0 Å². The monoisotopic (exact) mass is 429 g/mol. The largest absolute Gasteiger partial charge is 0.433 e. The number of hydrogen-bond acceptors (Lipinski definition) is 4. The van der Waals surface area contributed by atoms with Crippen molar-refractivity contribution in [3.05, 3.63) is 44.2 Å². The fourth-order valence-electron chi connectivity index (χ4n) is 2.10. The summed E-state index contributed by atoms with van der Waals surface area (Å²) < 4.78 is 64.7. The predicted molar refractivity (Wildman–Crippen MR) is 90.8 cm³/mol. The first kappa shape index (κ1) is 20.7. The van der Waals surface area contributed by atoms with Gasteiger partial charge in [-0.25, -0.2) is 12.7 Å². The maximum absolute atomic E-state index is 12.9. The molecular weight excluding hydrogens is 418 g/mol. The van der Waals surface area contributed by atoms with Gasteiger partial charge in [-0.3, -0.25) is 9.48 Å². The van der Waals surface area contributed by atoms with Crippen molar-refractivity contribution in [3.8, 4) is 11.3 Å². The van der Waals surface area contributed by atoms with Crippen LogP contribution in [0.4, 0.5) is 13.2 Å². The quantitative estimate of drug-likeness (QED) is 0.751. The van der Waals surface area contributed by atoms with Crippen LogP contribution in [-0.2, 0) is 23.2 Å². The van der Waals surface area contributed by atoms with Gasteiger partial charge in [-0.15, -0.1) is 0 Å². The standard InChI is InChI=1S/C14H12Cl2F3N3O3S/c1-21(2)26(24,25)11-4-7(8(15)5-9(11)16)13-10(23)6-12(14(17,18)19)22(3)20-13/h4-6H,1-3H3. The molecule has 0 radical (unpaired) electrons. The van der Waals surface area contributed by atoms with E-state index in [1.165, 1.54) is 14.1 Å². The second-order valence-electron chi connectivity index (χ2n) is 5.41. The van der Waals surface area contributed by atoms with Crippen LogP contribution in [0.15, 0.2) is 27.9 Å². The Labute approximate surface area is 156 Å². The van der Waals surface area contributed by atoms with Crippen molar-refractivity contribution in [2.75, 3.05) is 14.1 Å². The van der Waals surface area contributed by atoms with E-state index in [1.807, 2.05) is 0 Å². The second-order valence-corrected chi connectivity index (χ2v) is 8.35. The number of halogens is 5. The van der Waals surface area contributed by atoms with Gasteiger partial charge in [-0.05, 0) is 12.1 Å². The number of hydrogen-bond donors (Lipinski definition) is 0. The Balaban J connectivity index is 2.79. The molecule has 12 heteroatoms. The highest BCUT2D eigenvalue weighted by Gasteiger charge is 2.35. The number of aromatic nitrogens is 2. The third-order valence-corrected chi connectivity index (χ3v) is 6.02. The molecule has 0 saturated heterocycles. The van der Waals surface area contributed by atoms with Gasteiger partial charge in [0, 0.05) is 32.8 Å². The van der Waals surface area contributed by atoms with E-state index in [0.29, 0.717) is 10.7 Å². The SMILES string of the molecule is CN(C)S(=O)(=O)c1cc(-c2nn(C)c(C(F)(F)F)cc2=O)c(Cl)cc1Cl. The minimum atomic E-state index is -4.78. The molecule has 26 heavy (non-hydrogen) atoms. The predicted octanol–water partition coefficient (Wildman–Crippen LogP) is 3.02. The summed E-state index contributed by atoms with van der Waals surface area (Å²) in [5.74, 6) is 0. The van der Waals surface area contributed by atoms with Gasteiger partial charge in [0.2, 0.25) is 15.5 Å². The Bertz CT molecular complexity index is 1030. The van der Waals surface area contributed by atoms with Gasteiger partial charge in [0.25, 0.3) is 0 Å². The zero-order valence-corrected chi connectivity index (χ0v) is 15.9. The average molecular weight is 430 g/mol. The fourth-order valence-corrected chi connectivity index (χ4v) is 3.83. The van der Waals surface area contributed by atoms with E-state index in [-0.39, 0.29) is 20.5 Å². The lowest BCUT2D eigenvalue weighted by molar-refractivity contribution is -0.144. The molecule has 1 aromatic heterocycles. The van der Waals surface area contributed by atoms with E-state index >= 15 is 0 Å². The third kappa shape index (κ3) is 3.73. The van der Waals surface area contributed by atoms with Crippen molar-refractivity contribution in [1.29, 1.82) is 0 Å². The lowest BCUT2D eigenvalue weighted by Gasteiger charge is -2.16. The van der Waals surface area contributed by atoms with Crippen molar-refractivity contribution in [2.24, 2.45) is 7.05 Å². The van der Waals surface area contributed by atoms with Crippen LogP contribution in [0.3, 0.4) is 0 Å². The Morgan fingerprint density at radius 1 is 1.12 bits per heavy atom. The highest BCUT2D eigenvalue weighted by molar-refractivity contribution is 7.89. The van der Waals surface area contributed by atoms with Crippen molar-refractivity contribution in [1.82, 2.24) is 14.1 Å². The number of benzene rings is 1. The molecule has 2 aromatic rings. The summed E-state index contributed by atoms with van der Waals surface area (Å²) >= 11 is 11.9. The van der Waals surface area contributed by atoms with Gasteiger partial charge in [0.1, 0.15) is 16.3 Å². The van der Waals surface area contributed by atoms with E-state index in [9.17, 15) is 26.4 Å². The highest BCUT2D eigenvalue weighted by Crippen LogP contribution is 2.34. The van der Waals surface area contributed by atoms with Crippen molar-refractivity contribution < 1.29 is 21.6 Å². The molecule has 0 atom stereocenters. The summed E-state index contributed by atoms with van der Waals surface area (Å²) in [4.78, 5) is 11.8. The Hall–Kier alpha value is -1.62. The molecule has 2 rings (SSSR count). The molecule has 0 unspecified atom stereocenters. The molecule has 0 saturated carbocycles. The van der Waals surface area contributed by atoms with Gasteiger partial charge in [0.05, 0.1) is 10.0 Å². The second kappa shape index (κ2) is 6.84. The molecule has 0 bridgehead atoms. The summed E-state index contributed by atoms with van der Waals surface area (Å²) in [7, 11) is -0.430.